The molecule has 1 atom stereocenters. The van der Waals surface area contributed by atoms with Crippen molar-refractivity contribution in [1.29, 1.82) is 0 Å². The lowest BCUT2D eigenvalue weighted by molar-refractivity contribution is -0.131. The average molecular weight is 268 g/mol. The summed E-state index contributed by atoms with van der Waals surface area (Å²) >= 11 is 0. The van der Waals surface area contributed by atoms with E-state index in [9.17, 15) is 13.6 Å². The molecule has 1 N–H and O–H groups in total. The van der Waals surface area contributed by atoms with Crippen LogP contribution in [0, 0.1) is 11.6 Å². The smallest absolute Gasteiger partial charge is 0.227 e. The van der Waals surface area contributed by atoms with Gasteiger partial charge in [0.2, 0.25) is 5.91 Å². The Kier molecular flexibility index (Phi) is 4.47. The van der Waals surface area contributed by atoms with E-state index in [0.717, 1.165) is 37.6 Å². The second kappa shape index (κ2) is 6.10. The minimum atomic E-state index is -0.529. The number of nitrogens with zero attached hydrogens (tertiary/aromatic N) is 1. The van der Waals surface area contributed by atoms with E-state index >= 15 is 0 Å². The van der Waals surface area contributed by atoms with Crippen LogP contribution in [0.5, 0.6) is 0 Å². The molecule has 19 heavy (non-hydrogen) atoms. The van der Waals surface area contributed by atoms with Crippen molar-refractivity contribution in [2.24, 2.45) is 0 Å². The minimum absolute atomic E-state index is 0.0796. The molecule has 1 saturated heterocycles. The number of carbonyl (C=O) groups excluding carboxylic acids is 1. The lowest BCUT2D eigenvalue weighted by atomic mass is 10.1. The summed E-state index contributed by atoms with van der Waals surface area (Å²) in [6, 6.07) is 3.38. The quantitative estimate of drug-likeness (QED) is 0.901. The maximum Gasteiger partial charge on any atom is 0.227 e. The van der Waals surface area contributed by atoms with E-state index in [0.29, 0.717) is 6.54 Å². The highest BCUT2D eigenvalue weighted by molar-refractivity contribution is 5.79. The summed E-state index contributed by atoms with van der Waals surface area (Å²) in [4.78, 5) is 13.9. The van der Waals surface area contributed by atoms with Crippen molar-refractivity contribution < 1.29 is 13.6 Å². The molecule has 0 unspecified atom stereocenters. The molecule has 5 heteroatoms. The zero-order valence-electron chi connectivity index (χ0n) is 11.0. The third-order valence-corrected chi connectivity index (χ3v) is 3.49. The third-order valence-electron chi connectivity index (χ3n) is 3.49. The van der Waals surface area contributed by atoms with Crippen molar-refractivity contribution in [1.82, 2.24) is 10.2 Å². The lowest BCUT2D eigenvalue weighted by Gasteiger charge is -2.24. The number of hydrogen-bond donors (Lipinski definition) is 1. The van der Waals surface area contributed by atoms with Gasteiger partial charge in [0.15, 0.2) is 0 Å². The standard InChI is InChI=1S/C14H18F2N2O/c1-17-9-12-3-2-6-18(12)14(19)8-10-7-11(15)4-5-13(10)16/h4-5,7,12,17H,2-3,6,8-9H2,1H3/t12-/m1/s1. The molecule has 1 aromatic rings. The Morgan fingerprint density at radius 3 is 3.00 bits per heavy atom. The molecular weight excluding hydrogens is 250 g/mol. The maximum atomic E-state index is 13.5. The normalized spacial score (nSPS) is 18.9. The molecular formula is C14H18F2N2O. The van der Waals surface area contributed by atoms with Crippen LogP contribution in [0.15, 0.2) is 18.2 Å². The molecule has 0 radical (unpaired) electrons. The number of likely N-dealkylation sites (N-methyl/N-ethyl adjacent to an activating group) is 1. The molecule has 0 spiro atoms. The second-order valence-corrected chi connectivity index (χ2v) is 4.85. The Morgan fingerprint density at radius 2 is 2.26 bits per heavy atom. The highest BCUT2D eigenvalue weighted by Crippen LogP contribution is 2.19. The molecule has 0 aromatic heterocycles. The van der Waals surface area contributed by atoms with Gasteiger partial charge in [0, 0.05) is 24.7 Å². The van der Waals surface area contributed by atoms with Crippen molar-refractivity contribution in [3.05, 3.63) is 35.4 Å². The summed E-state index contributed by atoms with van der Waals surface area (Å²) in [6.45, 7) is 1.43. The molecule has 0 bridgehead atoms. The predicted molar refractivity (Wildman–Crippen MR) is 68.7 cm³/mol. The predicted octanol–water partition coefficient (Wildman–Crippen LogP) is 1.72. The molecule has 1 heterocycles. The molecule has 1 amide bonds. The van der Waals surface area contributed by atoms with Crippen LogP contribution < -0.4 is 5.32 Å². The van der Waals surface area contributed by atoms with Crippen LogP contribution in [0.2, 0.25) is 0 Å². The first-order chi connectivity index (χ1) is 9.11. The van der Waals surface area contributed by atoms with Gasteiger partial charge >= 0.3 is 0 Å². The van der Waals surface area contributed by atoms with Crippen molar-refractivity contribution in [2.75, 3.05) is 20.1 Å². The van der Waals surface area contributed by atoms with E-state index in [4.69, 9.17) is 0 Å². The Morgan fingerprint density at radius 1 is 1.47 bits per heavy atom. The maximum absolute atomic E-state index is 13.5. The molecule has 104 valence electrons. The monoisotopic (exact) mass is 268 g/mol. The minimum Gasteiger partial charge on any atom is -0.338 e. The van der Waals surface area contributed by atoms with Crippen LogP contribution in [0.3, 0.4) is 0 Å². The number of amides is 1. The van der Waals surface area contributed by atoms with Crippen LogP contribution in [0.4, 0.5) is 8.78 Å². The fourth-order valence-electron chi connectivity index (χ4n) is 2.56. The van der Waals surface area contributed by atoms with E-state index in [2.05, 4.69) is 5.32 Å². The van der Waals surface area contributed by atoms with Gasteiger partial charge in [-0.15, -0.1) is 0 Å². The molecule has 1 aliphatic heterocycles. The van der Waals surface area contributed by atoms with Crippen LogP contribution in [0.25, 0.3) is 0 Å². The number of nitrogens with one attached hydrogen (secondary N) is 1. The van der Waals surface area contributed by atoms with Crippen LogP contribution >= 0.6 is 0 Å². The molecule has 1 aliphatic rings. The molecule has 0 saturated carbocycles. The Hall–Kier alpha value is -1.49. The Bertz CT molecular complexity index is 465. The first-order valence-electron chi connectivity index (χ1n) is 6.50. The Labute approximate surface area is 111 Å². The molecule has 3 nitrogen and oxygen atoms in total. The van der Waals surface area contributed by atoms with Gasteiger partial charge in [-0.2, -0.15) is 0 Å². The van der Waals surface area contributed by atoms with Crippen molar-refractivity contribution in [2.45, 2.75) is 25.3 Å². The van der Waals surface area contributed by atoms with Gasteiger partial charge in [-0.05, 0) is 38.1 Å². The summed E-state index contributed by atoms with van der Waals surface area (Å²) in [6.07, 6.45) is 1.84. The van der Waals surface area contributed by atoms with Gasteiger partial charge in [0.05, 0.1) is 6.42 Å². The molecule has 0 aliphatic carbocycles. The topological polar surface area (TPSA) is 32.3 Å². The van der Waals surface area contributed by atoms with Crippen molar-refractivity contribution >= 4 is 5.91 Å². The van der Waals surface area contributed by atoms with Crippen molar-refractivity contribution in [3.63, 3.8) is 0 Å². The van der Waals surface area contributed by atoms with Crippen LogP contribution in [-0.2, 0) is 11.2 Å². The number of likely N-dealkylation sites (tertiary alicyclic amines) is 1. The highest BCUT2D eigenvalue weighted by Gasteiger charge is 2.28. The molecule has 1 fully saturated rings. The first-order valence-corrected chi connectivity index (χ1v) is 6.50. The third kappa shape index (κ3) is 3.29. The zero-order valence-corrected chi connectivity index (χ0v) is 11.0. The van der Waals surface area contributed by atoms with Crippen LogP contribution in [0.1, 0.15) is 18.4 Å². The van der Waals surface area contributed by atoms with Gasteiger partial charge in [-0.1, -0.05) is 0 Å². The van der Waals surface area contributed by atoms with E-state index < -0.39 is 11.6 Å². The molecule has 1 aromatic carbocycles. The fourth-order valence-corrected chi connectivity index (χ4v) is 2.56. The summed E-state index contributed by atoms with van der Waals surface area (Å²) in [5, 5.41) is 3.05. The summed E-state index contributed by atoms with van der Waals surface area (Å²) in [5.41, 5.74) is 0.125. The second-order valence-electron chi connectivity index (χ2n) is 4.85. The van der Waals surface area contributed by atoms with Crippen molar-refractivity contribution in [3.8, 4) is 0 Å². The van der Waals surface area contributed by atoms with E-state index in [1.165, 1.54) is 0 Å². The van der Waals surface area contributed by atoms with E-state index in [1.807, 2.05) is 7.05 Å². The van der Waals surface area contributed by atoms with Gasteiger partial charge < -0.3 is 10.2 Å². The lowest BCUT2D eigenvalue weighted by Crippen LogP contribution is -2.41. The highest BCUT2D eigenvalue weighted by atomic mass is 19.1. The van der Waals surface area contributed by atoms with Crippen LogP contribution in [-0.4, -0.2) is 37.0 Å². The van der Waals surface area contributed by atoms with Gasteiger partial charge in [-0.3, -0.25) is 4.79 Å². The largest absolute Gasteiger partial charge is 0.338 e. The SMILES string of the molecule is CNC[C@H]1CCCN1C(=O)Cc1cc(F)ccc1F. The van der Waals surface area contributed by atoms with E-state index in [-0.39, 0.29) is 23.9 Å². The summed E-state index contributed by atoms with van der Waals surface area (Å²) in [5.74, 6) is -1.18. The van der Waals surface area contributed by atoms with Gasteiger partial charge in [0.25, 0.3) is 0 Å². The summed E-state index contributed by atoms with van der Waals surface area (Å²) in [7, 11) is 1.84. The fraction of sp³-hybridized carbons (Fsp3) is 0.500. The first kappa shape index (κ1) is 13.9. The zero-order chi connectivity index (χ0) is 13.8. The molecule has 2 rings (SSSR count). The number of rotatable bonds is 4. The summed E-state index contributed by atoms with van der Waals surface area (Å²) < 4.78 is 26.6. The Balaban J connectivity index is 2.06. The average Bonchev–Trinajstić information content (AvgIpc) is 2.82. The number of carbonyl (C=O) groups is 1. The number of halogens is 2. The van der Waals surface area contributed by atoms with E-state index in [1.54, 1.807) is 4.90 Å². The number of benzene rings is 1. The van der Waals surface area contributed by atoms with Gasteiger partial charge in [-0.25, -0.2) is 8.78 Å². The van der Waals surface area contributed by atoms with Gasteiger partial charge in [0.1, 0.15) is 11.6 Å². The number of hydrogen-bond acceptors (Lipinski definition) is 2.